The fourth-order valence-corrected chi connectivity index (χ4v) is 3.18. The van der Waals surface area contributed by atoms with E-state index in [-0.39, 0.29) is 0 Å². The van der Waals surface area contributed by atoms with Gasteiger partial charge in [0.05, 0.1) is 0 Å². The zero-order valence-corrected chi connectivity index (χ0v) is 12.6. The van der Waals surface area contributed by atoms with Crippen LogP contribution in [0.15, 0.2) is 30.5 Å². The Labute approximate surface area is 117 Å². The molecular formula is C13H11N3SSe. The first kappa shape index (κ1) is 11.8. The SMILES string of the molecule is Cc1ccc(-c2nc(=[Se])n3cc(C)sc3n2)cc1. The second kappa shape index (κ2) is 4.43. The van der Waals surface area contributed by atoms with Crippen LogP contribution in [0.3, 0.4) is 0 Å². The second-order valence-corrected chi connectivity index (χ2v) is 6.17. The van der Waals surface area contributed by atoms with Gasteiger partial charge in [-0.3, -0.25) is 0 Å². The van der Waals surface area contributed by atoms with Crippen LogP contribution in [0.4, 0.5) is 0 Å². The van der Waals surface area contributed by atoms with Gasteiger partial charge in [-0.25, -0.2) is 0 Å². The number of fused-ring (bicyclic) bond motifs is 1. The molecule has 5 heteroatoms. The molecule has 3 rings (SSSR count). The number of nitrogens with zero attached hydrogens (tertiary/aromatic N) is 3. The van der Waals surface area contributed by atoms with E-state index in [0.29, 0.717) is 0 Å². The van der Waals surface area contributed by atoms with Crippen LogP contribution in [0, 0.1) is 18.2 Å². The van der Waals surface area contributed by atoms with E-state index in [1.165, 1.54) is 10.4 Å². The topological polar surface area (TPSA) is 30.2 Å². The predicted molar refractivity (Wildman–Crippen MR) is 74.8 cm³/mol. The summed E-state index contributed by atoms with van der Waals surface area (Å²) in [7, 11) is 0. The van der Waals surface area contributed by atoms with Crippen LogP contribution in [-0.4, -0.2) is 29.9 Å². The van der Waals surface area contributed by atoms with Crippen molar-refractivity contribution in [1.82, 2.24) is 14.4 Å². The number of aromatic nitrogens is 3. The van der Waals surface area contributed by atoms with Gasteiger partial charge in [0.15, 0.2) is 0 Å². The van der Waals surface area contributed by atoms with Crippen molar-refractivity contribution in [2.24, 2.45) is 0 Å². The molecule has 0 aliphatic rings. The second-order valence-electron chi connectivity index (χ2n) is 4.19. The summed E-state index contributed by atoms with van der Waals surface area (Å²) in [6.07, 6.45) is 2.05. The van der Waals surface area contributed by atoms with Gasteiger partial charge in [0.2, 0.25) is 0 Å². The summed E-state index contributed by atoms with van der Waals surface area (Å²) in [5.74, 6) is 0.769. The molecule has 90 valence electrons. The molecule has 0 aliphatic carbocycles. The Morgan fingerprint density at radius 3 is 2.56 bits per heavy atom. The van der Waals surface area contributed by atoms with Gasteiger partial charge in [0.1, 0.15) is 0 Å². The van der Waals surface area contributed by atoms with Crippen molar-refractivity contribution in [3.63, 3.8) is 0 Å². The molecule has 3 aromatic rings. The van der Waals surface area contributed by atoms with E-state index >= 15 is 0 Å². The molecular weight excluding hydrogens is 309 g/mol. The molecule has 1 aromatic carbocycles. The standard InChI is InChI=1S/C13H11N3SSe/c1-8-3-5-10(6-4-8)11-14-12-16(13(18)15-11)7-9(2)17-12/h3-7H,1-2H3. The number of thiazole rings is 1. The third-order valence-corrected chi connectivity index (χ3v) is 4.19. The summed E-state index contributed by atoms with van der Waals surface area (Å²) >= 11 is 4.67. The third-order valence-electron chi connectivity index (χ3n) is 2.69. The molecule has 2 aromatic heterocycles. The molecule has 0 spiro atoms. The molecule has 18 heavy (non-hydrogen) atoms. The first-order chi connectivity index (χ1) is 8.63. The van der Waals surface area contributed by atoms with E-state index in [2.05, 4.69) is 63.7 Å². The first-order valence-electron chi connectivity index (χ1n) is 5.57. The van der Waals surface area contributed by atoms with Gasteiger partial charge < -0.3 is 0 Å². The predicted octanol–water partition coefficient (Wildman–Crippen LogP) is 2.78. The fraction of sp³-hybridized carbons (Fsp3) is 0.154. The number of hydrogen-bond acceptors (Lipinski definition) is 3. The molecule has 0 aliphatic heterocycles. The summed E-state index contributed by atoms with van der Waals surface area (Å²) in [6.45, 7) is 4.15. The van der Waals surface area contributed by atoms with Crippen LogP contribution in [0.1, 0.15) is 10.4 Å². The van der Waals surface area contributed by atoms with Gasteiger partial charge in [-0.05, 0) is 0 Å². The Morgan fingerprint density at radius 2 is 1.83 bits per heavy atom. The molecule has 0 saturated heterocycles. The summed E-state index contributed by atoms with van der Waals surface area (Å²) in [6, 6.07) is 8.27. The quantitative estimate of drug-likeness (QED) is 0.646. The Morgan fingerprint density at radius 1 is 1.11 bits per heavy atom. The van der Waals surface area contributed by atoms with Crippen molar-refractivity contribution >= 4 is 31.9 Å². The van der Waals surface area contributed by atoms with Gasteiger partial charge in [0, 0.05) is 0 Å². The van der Waals surface area contributed by atoms with Gasteiger partial charge in [-0.1, -0.05) is 0 Å². The number of hydrogen-bond donors (Lipinski definition) is 0. The average molecular weight is 320 g/mol. The van der Waals surface area contributed by atoms with Crippen LogP contribution >= 0.6 is 11.3 Å². The molecule has 0 radical (unpaired) electrons. The average Bonchev–Trinajstić information content (AvgIpc) is 2.71. The third kappa shape index (κ3) is 2.05. The van der Waals surface area contributed by atoms with Gasteiger partial charge in [-0.15, -0.1) is 0 Å². The molecule has 0 unspecified atom stereocenters. The first-order valence-corrected chi connectivity index (χ1v) is 7.25. The van der Waals surface area contributed by atoms with Crippen molar-refractivity contribution in [2.45, 2.75) is 13.8 Å². The van der Waals surface area contributed by atoms with Crippen LogP contribution in [0.5, 0.6) is 0 Å². The summed E-state index contributed by atoms with van der Waals surface area (Å²) in [5.41, 5.74) is 2.29. The van der Waals surface area contributed by atoms with Crippen LogP contribution in [0.2, 0.25) is 0 Å². The van der Waals surface area contributed by atoms with E-state index in [1.807, 2.05) is 10.6 Å². The van der Waals surface area contributed by atoms with Crippen molar-refractivity contribution in [2.75, 3.05) is 0 Å². The van der Waals surface area contributed by atoms with E-state index in [0.717, 1.165) is 20.7 Å². The zero-order valence-electron chi connectivity index (χ0n) is 10.0. The zero-order chi connectivity index (χ0) is 12.7. The molecule has 0 fully saturated rings. The van der Waals surface area contributed by atoms with Crippen LogP contribution in [-0.2, 0) is 0 Å². The van der Waals surface area contributed by atoms with Crippen molar-refractivity contribution in [3.8, 4) is 11.4 Å². The van der Waals surface area contributed by atoms with Crippen molar-refractivity contribution in [3.05, 3.63) is 45.2 Å². The molecule has 0 saturated carbocycles. The van der Waals surface area contributed by atoms with Crippen LogP contribution in [0.25, 0.3) is 16.3 Å². The van der Waals surface area contributed by atoms with E-state index in [9.17, 15) is 0 Å². The molecule has 0 N–H and O–H groups in total. The molecule has 3 nitrogen and oxygen atoms in total. The van der Waals surface area contributed by atoms with E-state index < -0.39 is 0 Å². The van der Waals surface area contributed by atoms with Gasteiger partial charge >= 0.3 is 117 Å². The Kier molecular flexibility index (Phi) is 2.90. The summed E-state index contributed by atoms with van der Waals surface area (Å²) < 4.78 is 2.83. The number of aryl methyl sites for hydroxylation is 2. The Hall–Kier alpha value is -1.29. The minimum absolute atomic E-state index is 0.769. The van der Waals surface area contributed by atoms with Gasteiger partial charge in [-0.2, -0.15) is 0 Å². The van der Waals surface area contributed by atoms with Crippen molar-refractivity contribution in [1.29, 1.82) is 0 Å². The number of benzene rings is 1. The number of rotatable bonds is 1. The Balaban J connectivity index is 2.24. The maximum absolute atomic E-state index is 4.61. The minimum atomic E-state index is 0.769. The fourth-order valence-electron chi connectivity index (χ4n) is 1.76. The van der Waals surface area contributed by atoms with Crippen molar-refractivity contribution < 1.29 is 0 Å². The normalized spacial score (nSPS) is 11.0. The molecule has 0 amide bonds. The van der Waals surface area contributed by atoms with Gasteiger partial charge in [0.25, 0.3) is 0 Å². The van der Waals surface area contributed by atoms with Crippen LogP contribution < -0.4 is 0 Å². The van der Waals surface area contributed by atoms with E-state index in [1.54, 1.807) is 11.3 Å². The molecule has 2 heterocycles. The molecule has 0 bridgehead atoms. The monoisotopic (exact) mass is 321 g/mol. The summed E-state index contributed by atoms with van der Waals surface area (Å²) in [5, 5.41) is 0. The molecule has 0 atom stereocenters. The Bertz CT molecular complexity index is 771. The summed E-state index contributed by atoms with van der Waals surface area (Å²) in [4.78, 5) is 11.3. The maximum atomic E-state index is 4.61. The van der Waals surface area contributed by atoms with E-state index in [4.69, 9.17) is 0 Å².